The number of amidine groups is 2. The molecule has 0 saturated heterocycles. The zero-order chi connectivity index (χ0) is 27.0. The minimum atomic E-state index is -4.55. The molecule has 16 heteroatoms. The van der Waals surface area contributed by atoms with E-state index in [4.69, 9.17) is 67.3 Å². The van der Waals surface area contributed by atoms with Gasteiger partial charge in [0.05, 0.1) is 31.2 Å². The van der Waals surface area contributed by atoms with Gasteiger partial charge < -0.3 is 20.9 Å². The summed E-state index contributed by atoms with van der Waals surface area (Å²) in [5, 5.41) is -0.270. The molecule has 4 rings (SSSR count). The van der Waals surface area contributed by atoms with E-state index in [2.05, 4.69) is 9.98 Å². The highest BCUT2D eigenvalue weighted by molar-refractivity contribution is 6.42. The summed E-state index contributed by atoms with van der Waals surface area (Å²) in [5.41, 5.74) is 8.58. The van der Waals surface area contributed by atoms with Crippen molar-refractivity contribution in [1.29, 1.82) is 0 Å². The first-order valence-electron chi connectivity index (χ1n) is 9.62. The lowest BCUT2D eigenvalue weighted by molar-refractivity contribution is -0.139. The highest BCUT2D eigenvalue weighted by atomic mass is 35.5. The van der Waals surface area contributed by atoms with E-state index >= 15 is 0 Å². The molecule has 0 bridgehead atoms. The number of alkyl halides is 6. The van der Waals surface area contributed by atoms with Crippen LogP contribution < -0.4 is 11.5 Å². The van der Waals surface area contributed by atoms with Gasteiger partial charge in [0, 0.05) is 0 Å². The smallest absolute Gasteiger partial charge is 0.416 e. The summed E-state index contributed by atoms with van der Waals surface area (Å²) in [6.07, 6.45) is -9.09. The molecule has 6 nitrogen and oxygen atoms in total. The van der Waals surface area contributed by atoms with Gasteiger partial charge in [-0.25, -0.2) is 9.98 Å². The molecular formula is C20H14Cl4F6N4O2. The molecule has 2 aromatic rings. The summed E-state index contributed by atoms with van der Waals surface area (Å²) in [5.74, 6) is 0. The van der Waals surface area contributed by atoms with Crippen molar-refractivity contribution in [2.24, 2.45) is 21.5 Å². The van der Waals surface area contributed by atoms with Crippen molar-refractivity contribution in [3.63, 3.8) is 0 Å². The van der Waals surface area contributed by atoms with Crippen molar-refractivity contribution < 1.29 is 35.8 Å². The quantitative estimate of drug-likeness (QED) is 0.372. The first-order valence-corrected chi connectivity index (χ1v) is 11.1. The van der Waals surface area contributed by atoms with Crippen LogP contribution in [0.4, 0.5) is 26.3 Å². The Balaban J connectivity index is 0.000000201. The molecule has 2 aliphatic rings. The maximum absolute atomic E-state index is 12.9. The van der Waals surface area contributed by atoms with Gasteiger partial charge >= 0.3 is 12.4 Å². The molecule has 0 amide bonds. The van der Waals surface area contributed by atoms with Crippen LogP contribution in [0.15, 0.2) is 34.3 Å². The van der Waals surface area contributed by atoms with Crippen molar-refractivity contribution in [1.82, 2.24) is 0 Å². The molecule has 0 unspecified atom stereocenters. The second-order valence-electron chi connectivity index (χ2n) is 7.29. The monoisotopic (exact) mass is 596 g/mol. The molecule has 4 N–H and O–H groups in total. The first-order chi connectivity index (χ1) is 16.6. The van der Waals surface area contributed by atoms with E-state index in [-0.39, 0.29) is 56.5 Å². The molecule has 0 aromatic heterocycles. The Kier molecular flexibility index (Phi) is 8.33. The largest absolute Gasteiger partial charge is 0.463 e. The number of rotatable bonds is 2. The highest BCUT2D eigenvalue weighted by Gasteiger charge is 2.38. The number of nitrogens with two attached hydrogens (primary N) is 2. The van der Waals surface area contributed by atoms with E-state index in [1.807, 2.05) is 0 Å². The summed E-state index contributed by atoms with van der Waals surface area (Å²) in [4.78, 5) is 7.55. The SMILES string of the molecule is NC1=N[C@@H](c2cc(Cl)c(Cl)cc2C(F)(F)F)CO1.NC1=N[C@H](c2cc(Cl)c(Cl)cc2C(F)(F)F)CO1. The Morgan fingerprint density at radius 3 is 1.19 bits per heavy atom. The average molecular weight is 598 g/mol. The number of aliphatic imine (C=N–C) groups is 2. The number of benzene rings is 2. The number of hydrogen-bond acceptors (Lipinski definition) is 6. The van der Waals surface area contributed by atoms with Gasteiger partial charge in [-0.05, 0) is 35.4 Å². The molecule has 2 aromatic carbocycles. The second kappa shape index (κ2) is 10.6. The van der Waals surface area contributed by atoms with Gasteiger partial charge in [0.25, 0.3) is 12.0 Å². The normalized spacial score (nSPS) is 19.6. The lowest BCUT2D eigenvalue weighted by atomic mass is 10.0. The molecule has 0 fully saturated rings. The number of hydrogen-bond donors (Lipinski definition) is 2. The fraction of sp³-hybridized carbons (Fsp3) is 0.300. The molecule has 196 valence electrons. The van der Waals surface area contributed by atoms with E-state index in [0.717, 1.165) is 24.3 Å². The molecule has 2 atom stereocenters. The van der Waals surface area contributed by atoms with Crippen LogP contribution >= 0.6 is 46.4 Å². The summed E-state index contributed by atoms with van der Waals surface area (Å²) < 4.78 is 87.0. The van der Waals surface area contributed by atoms with Gasteiger partial charge in [0.2, 0.25) is 0 Å². The van der Waals surface area contributed by atoms with E-state index in [1.54, 1.807) is 0 Å². The van der Waals surface area contributed by atoms with E-state index < -0.39 is 35.6 Å². The molecule has 0 saturated carbocycles. The minimum Gasteiger partial charge on any atom is -0.463 e. The third-order valence-electron chi connectivity index (χ3n) is 4.86. The summed E-state index contributed by atoms with van der Waals surface area (Å²) in [7, 11) is 0. The average Bonchev–Trinajstić information content (AvgIpc) is 3.38. The third kappa shape index (κ3) is 6.53. The van der Waals surface area contributed by atoms with Crippen molar-refractivity contribution in [2.45, 2.75) is 24.4 Å². The predicted molar refractivity (Wildman–Crippen MR) is 124 cm³/mol. The molecule has 0 spiro atoms. The molecular weight excluding hydrogens is 584 g/mol. The molecule has 0 radical (unpaired) electrons. The first kappa shape index (κ1) is 28.3. The number of ether oxygens (including phenoxy) is 2. The van der Waals surface area contributed by atoms with Crippen LogP contribution in [-0.2, 0) is 21.8 Å². The van der Waals surface area contributed by atoms with Gasteiger partial charge in [-0.15, -0.1) is 0 Å². The Bertz CT molecular complexity index is 1130. The number of nitrogens with zero attached hydrogens (tertiary/aromatic N) is 2. The van der Waals surface area contributed by atoms with Crippen LogP contribution in [0.1, 0.15) is 34.3 Å². The maximum Gasteiger partial charge on any atom is 0.416 e. The van der Waals surface area contributed by atoms with Crippen LogP contribution in [-0.4, -0.2) is 25.3 Å². The van der Waals surface area contributed by atoms with Gasteiger partial charge in [-0.2, -0.15) is 26.3 Å². The standard InChI is InChI=1S/2C10H7Cl2F3N2O/c2*11-6-1-4(8-3-18-9(16)17-8)5(2-7(6)12)10(13,14)15/h2*1-2,8H,3H2,(H2,16,17)/t2*8-/m10/s1. The topological polar surface area (TPSA) is 95.2 Å². The third-order valence-corrected chi connectivity index (χ3v) is 6.30. The van der Waals surface area contributed by atoms with Gasteiger partial charge in [0.15, 0.2) is 0 Å². The van der Waals surface area contributed by atoms with Crippen LogP contribution in [0.5, 0.6) is 0 Å². The fourth-order valence-corrected chi connectivity index (χ4v) is 3.94. The molecule has 0 aliphatic carbocycles. The van der Waals surface area contributed by atoms with Gasteiger partial charge in [0.1, 0.15) is 25.3 Å². The van der Waals surface area contributed by atoms with Crippen LogP contribution in [0.3, 0.4) is 0 Å². The zero-order valence-electron chi connectivity index (χ0n) is 17.5. The highest BCUT2D eigenvalue weighted by Crippen LogP contribution is 2.42. The van der Waals surface area contributed by atoms with E-state index in [9.17, 15) is 26.3 Å². The zero-order valence-corrected chi connectivity index (χ0v) is 20.5. The Labute approximate surface area is 219 Å². The maximum atomic E-state index is 12.9. The summed E-state index contributed by atoms with van der Waals surface area (Å²) in [6.45, 7) is -0.0975. The molecule has 2 heterocycles. The lowest BCUT2D eigenvalue weighted by Crippen LogP contribution is -2.12. The minimum absolute atomic E-state index is 0.0281. The van der Waals surface area contributed by atoms with Crippen molar-refractivity contribution in [3.05, 3.63) is 66.6 Å². The fourth-order valence-electron chi connectivity index (χ4n) is 3.27. The van der Waals surface area contributed by atoms with Crippen molar-refractivity contribution >= 4 is 58.4 Å². The number of halogens is 10. The van der Waals surface area contributed by atoms with E-state index in [1.165, 1.54) is 0 Å². The summed E-state index contributed by atoms with van der Waals surface area (Å²) in [6, 6.07) is 1.92. The van der Waals surface area contributed by atoms with Crippen LogP contribution in [0.2, 0.25) is 20.1 Å². The molecule has 36 heavy (non-hydrogen) atoms. The Morgan fingerprint density at radius 1 is 0.639 bits per heavy atom. The van der Waals surface area contributed by atoms with Crippen LogP contribution in [0, 0.1) is 0 Å². The van der Waals surface area contributed by atoms with E-state index in [0.29, 0.717) is 0 Å². The summed E-state index contributed by atoms with van der Waals surface area (Å²) >= 11 is 22.7. The molecule has 2 aliphatic heterocycles. The van der Waals surface area contributed by atoms with Gasteiger partial charge in [-0.3, -0.25) is 0 Å². The van der Waals surface area contributed by atoms with Gasteiger partial charge in [-0.1, -0.05) is 46.4 Å². The Morgan fingerprint density at radius 2 is 0.944 bits per heavy atom. The van der Waals surface area contributed by atoms with Crippen LogP contribution in [0.25, 0.3) is 0 Å². The van der Waals surface area contributed by atoms with Crippen molar-refractivity contribution in [2.75, 3.05) is 13.2 Å². The second-order valence-corrected chi connectivity index (χ2v) is 8.92. The Hall–Kier alpha value is -2.28. The predicted octanol–water partition coefficient (Wildman–Crippen LogP) is 6.80. The van der Waals surface area contributed by atoms with Crippen molar-refractivity contribution in [3.8, 4) is 0 Å². The lowest BCUT2D eigenvalue weighted by Gasteiger charge is -2.16.